The van der Waals surface area contributed by atoms with E-state index in [1.807, 2.05) is 24.0 Å². The smallest absolute Gasteiger partial charge is 0.128 e. The topological polar surface area (TPSA) is 24.9 Å². The summed E-state index contributed by atoms with van der Waals surface area (Å²) in [7, 11) is 0. The first-order valence-corrected chi connectivity index (χ1v) is 7.57. The normalized spacial score (nSPS) is 10.3. The molecule has 1 aromatic carbocycles. The highest BCUT2D eigenvalue weighted by atomic mass is 79.9. The van der Waals surface area contributed by atoms with Crippen LogP contribution < -0.4 is 5.32 Å². The van der Waals surface area contributed by atoms with Crippen molar-refractivity contribution in [2.24, 2.45) is 0 Å². The number of thioether (sulfide) groups is 1. The van der Waals surface area contributed by atoms with Crippen molar-refractivity contribution in [2.45, 2.75) is 11.8 Å². The third-order valence-electron chi connectivity index (χ3n) is 2.45. The molecule has 94 valence electrons. The summed E-state index contributed by atoms with van der Waals surface area (Å²) in [5, 5.41) is 3.36. The fourth-order valence-electron chi connectivity index (χ4n) is 1.58. The van der Waals surface area contributed by atoms with Crippen LogP contribution in [-0.2, 0) is 0 Å². The molecule has 0 saturated carbocycles. The minimum absolute atomic E-state index is 0.912. The molecule has 1 N–H and O–H groups in total. The predicted molar refractivity (Wildman–Crippen MR) is 82.3 cm³/mol. The summed E-state index contributed by atoms with van der Waals surface area (Å²) in [6, 6.07) is 12.5. The maximum atomic E-state index is 4.36. The zero-order valence-electron chi connectivity index (χ0n) is 10.2. The molecule has 0 unspecified atom stereocenters. The molecule has 2 aromatic rings. The Hall–Kier alpha value is -1.00. The van der Waals surface area contributed by atoms with Crippen LogP contribution >= 0.6 is 27.7 Å². The molecule has 0 spiro atoms. The molecule has 0 radical (unpaired) electrons. The van der Waals surface area contributed by atoms with Crippen LogP contribution in [0.5, 0.6) is 0 Å². The number of hydrogen-bond donors (Lipinski definition) is 1. The van der Waals surface area contributed by atoms with Crippen LogP contribution in [0.3, 0.4) is 0 Å². The average Bonchev–Trinajstić information content (AvgIpc) is 2.38. The molecule has 0 bridgehead atoms. The van der Waals surface area contributed by atoms with Crippen molar-refractivity contribution < 1.29 is 0 Å². The van der Waals surface area contributed by atoms with Crippen molar-refractivity contribution >= 4 is 33.5 Å². The Balaban J connectivity index is 1.79. The van der Waals surface area contributed by atoms with Gasteiger partial charge >= 0.3 is 0 Å². The molecule has 2 nitrogen and oxygen atoms in total. The number of halogens is 1. The quantitative estimate of drug-likeness (QED) is 0.654. The second kappa shape index (κ2) is 6.81. The van der Waals surface area contributed by atoms with Crippen LogP contribution in [-0.4, -0.2) is 17.3 Å². The number of pyridine rings is 1. The minimum Gasteiger partial charge on any atom is -0.369 e. The number of aromatic nitrogens is 1. The summed E-state index contributed by atoms with van der Waals surface area (Å²) in [6.45, 7) is 2.97. The van der Waals surface area contributed by atoms with Gasteiger partial charge in [0, 0.05) is 27.9 Å². The number of rotatable bonds is 5. The van der Waals surface area contributed by atoms with Crippen molar-refractivity contribution in [1.82, 2.24) is 4.98 Å². The molecule has 0 saturated heterocycles. The van der Waals surface area contributed by atoms with E-state index in [1.54, 1.807) is 0 Å². The molecular weight excluding hydrogens is 308 g/mol. The first-order chi connectivity index (χ1) is 8.75. The molecule has 4 heteroatoms. The molecule has 0 fully saturated rings. The average molecular weight is 323 g/mol. The fourth-order valence-corrected chi connectivity index (χ4v) is 2.82. The zero-order valence-corrected chi connectivity index (χ0v) is 12.6. The summed E-state index contributed by atoms with van der Waals surface area (Å²) in [5.74, 6) is 1.99. The Kier molecular flexibility index (Phi) is 5.08. The third kappa shape index (κ3) is 4.03. The highest BCUT2D eigenvalue weighted by molar-refractivity contribution is 9.10. The van der Waals surface area contributed by atoms with E-state index in [2.05, 4.69) is 63.5 Å². The standard InChI is InChI=1S/C14H15BrN2S/c1-11-9-12(15)10-17-14(11)16-7-8-18-13-5-3-2-4-6-13/h2-6,9-10H,7-8H2,1H3,(H,16,17). The fraction of sp³-hybridized carbons (Fsp3) is 0.214. The highest BCUT2D eigenvalue weighted by Crippen LogP contribution is 2.18. The number of aryl methyl sites for hydroxylation is 1. The maximum absolute atomic E-state index is 4.36. The minimum atomic E-state index is 0.912. The summed E-state index contributed by atoms with van der Waals surface area (Å²) >= 11 is 5.26. The Labute approximate surface area is 120 Å². The Bertz CT molecular complexity index is 502. The lowest BCUT2D eigenvalue weighted by Crippen LogP contribution is -2.06. The molecule has 0 atom stereocenters. The van der Waals surface area contributed by atoms with Gasteiger partial charge in [-0.15, -0.1) is 11.8 Å². The lowest BCUT2D eigenvalue weighted by atomic mass is 10.3. The van der Waals surface area contributed by atoms with Crippen LogP contribution in [0.25, 0.3) is 0 Å². The van der Waals surface area contributed by atoms with E-state index in [1.165, 1.54) is 4.90 Å². The van der Waals surface area contributed by atoms with E-state index in [0.717, 1.165) is 28.2 Å². The summed E-state index contributed by atoms with van der Waals surface area (Å²) in [6.07, 6.45) is 1.82. The monoisotopic (exact) mass is 322 g/mol. The lowest BCUT2D eigenvalue weighted by molar-refractivity contribution is 1.14. The van der Waals surface area contributed by atoms with Crippen molar-refractivity contribution in [2.75, 3.05) is 17.6 Å². The SMILES string of the molecule is Cc1cc(Br)cnc1NCCSc1ccccc1. The van der Waals surface area contributed by atoms with E-state index in [-0.39, 0.29) is 0 Å². The second-order valence-corrected chi connectivity index (χ2v) is 5.99. The number of nitrogens with one attached hydrogen (secondary N) is 1. The van der Waals surface area contributed by atoms with Gasteiger partial charge in [-0.1, -0.05) is 18.2 Å². The van der Waals surface area contributed by atoms with Crippen LogP contribution in [0.15, 0.2) is 52.0 Å². The van der Waals surface area contributed by atoms with Gasteiger partial charge in [0.05, 0.1) is 0 Å². The van der Waals surface area contributed by atoms with E-state index in [4.69, 9.17) is 0 Å². The van der Waals surface area contributed by atoms with Crippen molar-refractivity contribution in [3.05, 3.63) is 52.6 Å². The summed E-state index contributed by atoms with van der Waals surface area (Å²) in [5.41, 5.74) is 1.16. The van der Waals surface area contributed by atoms with Gasteiger partial charge < -0.3 is 5.32 Å². The first kappa shape index (κ1) is 13.4. The number of nitrogens with zero attached hydrogens (tertiary/aromatic N) is 1. The number of anilines is 1. The number of hydrogen-bond acceptors (Lipinski definition) is 3. The van der Waals surface area contributed by atoms with Crippen molar-refractivity contribution in [3.63, 3.8) is 0 Å². The molecule has 0 aliphatic rings. The molecular formula is C14H15BrN2S. The molecule has 0 amide bonds. The third-order valence-corrected chi connectivity index (χ3v) is 3.90. The van der Waals surface area contributed by atoms with Gasteiger partial charge in [0.2, 0.25) is 0 Å². The van der Waals surface area contributed by atoms with E-state index in [9.17, 15) is 0 Å². The predicted octanol–water partition coefficient (Wildman–Crippen LogP) is 4.36. The van der Waals surface area contributed by atoms with Gasteiger partial charge in [0.1, 0.15) is 5.82 Å². The summed E-state index contributed by atoms with van der Waals surface area (Å²) in [4.78, 5) is 5.66. The zero-order chi connectivity index (χ0) is 12.8. The Morgan fingerprint density at radius 2 is 2.06 bits per heavy atom. The van der Waals surface area contributed by atoms with Crippen LogP contribution in [0.2, 0.25) is 0 Å². The molecule has 1 heterocycles. The van der Waals surface area contributed by atoms with Crippen molar-refractivity contribution in [1.29, 1.82) is 0 Å². The largest absolute Gasteiger partial charge is 0.369 e. The van der Waals surface area contributed by atoms with Gasteiger partial charge in [-0.05, 0) is 46.6 Å². The van der Waals surface area contributed by atoms with Crippen LogP contribution in [0, 0.1) is 6.92 Å². The molecule has 0 aliphatic carbocycles. The number of benzene rings is 1. The molecule has 18 heavy (non-hydrogen) atoms. The van der Waals surface area contributed by atoms with Gasteiger partial charge in [-0.3, -0.25) is 0 Å². The molecule has 0 aliphatic heterocycles. The van der Waals surface area contributed by atoms with Gasteiger partial charge in [-0.2, -0.15) is 0 Å². The van der Waals surface area contributed by atoms with E-state index < -0.39 is 0 Å². The first-order valence-electron chi connectivity index (χ1n) is 5.79. The van der Waals surface area contributed by atoms with E-state index in [0.29, 0.717) is 0 Å². The Morgan fingerprint density at radius 1 is 1.28 bits per heavy atom. The van der Waals surface area contributed by atoms with Crippen molar-refractivity contribution in [3.8, 4) is 0 Å². The highest BCUT2D eigenvalue weighted by Gasteiger charge is 1.99. The maximum Gasteiger partial charge on any atom is 0.128 e. The Morgan fingerprint density at radius 3 is 2.78 bits per heavy atom. The van der Waals surface area contributed by atoms with Gasteiger partial charge in [-0.25, -0.2) is 4.98 Å². The summed E-state index contributed by atoms with van der Waals surface area (Å²) < 4.78 is 1.02. The van der Waals surface area contributed by atoms with Crippen LogP contribution in [0.4, 0.5) is 5.82 Å². The van der Waals surface area contributed by atoms with Crippen LogP contribution in [0.1, 0.15) is 5.56 Å². The second-order valence-electron chi connectivity index (χ2n) is 3.91. The van der Waals surface area contributed by atoms with Gasteiger partial charge in [0.15, 0.2) is 0 Å². The lowest BCUT2D eigenvalue weighted by Gasteiger charge is -2.08. The van der Waals surface area contributed by atoms with Gasteiger partial charge in [0.25, 0.3) is 0 Å². The molecule has 1 aromatic heterocycles. The van der Waals surface area contributed by atoms with E-state index >= 15 is 0 Å². The molecule has 2 rings (SSSR count).